The Morgan fingerprint density at radius 1 is 1.44 bits per heavy atom. The minimum absolute atomic E-state index is 0.250. The highest BCUT2D eigenvalue weighted by atomic mass is 16.3. The third-order valence-corrected chi connectivity index (χ3v) is 4.36. The van der Waals surface area contributed by atoms with Crippen LogP contribution in [0.2, 0.25) is 0 Å². The number of furan rings is 1. The first-order chi connectivity index (χ1) is 7.43. The zero-order valence-electron chi connectivity index (χ0n) is 10.8. The number of hydrogen-bond donors (Lipinski definition) is 0. The Morgan fingerprint density at radius 2 is 2.12 bits per heavy atom. The van der Waals surface area contributed by atoms with E-state index in [0.29, 0.717) is 11.8 Å². The second-order valence-corrected chi connectivity index (χ2v) is 5.88. The molecule has 1 aromatic heterocycles. The second-order valence-electron chi connectivity index (χ2n) is 5.88. The van der Waals surface area contributed by atoms with Crippen molar-refractivity contribution in [3.63, 3.8) is 0 Å². The molecule has 2 rings (SSSR count). The molecule has 0 N–H and O–H groups in total. The van der Waals surface area contributed by atoms with Gasteiger partial charge in [-0.3, -0.25) is 0 Å². The Kier molecular flexibility index (Phi) is 2.73. The summed E-state index contributed by atoms with van der Waals surface area (Å²) in [5, 5.41) is 0. The Bertz CT molecular complexity index is 397. The number of allylic oxidation sites excluding steroid dienone is 1. The van der Waals surface area contributed by atoms with Crippen LogP contribution in [0.1, 0.15) is 50.9 Å². The lowest BCUT2D eigenvalue weighted by molar-refractivity contribution is 0.143. The molecule has 0 aliphatic heterocycles. The molecule has 0 spiro atoms. The second kappa shape index (κ2) is 3.80. The third-order valence-electron chi connectivity index (χ3n) is 4.36. The molecule has 2 atom stereocenters. The van der Waals surface area contributed by atoms with Crippen molar-refractivity contribution in [2.24, 2.45) is 11.3 Å². The minimum atomic E-state index is 0.250. The smallest absolute Gasteiger partial charge is 0.111 e. The number of hydrogen-bond acceptors (Lipinski definition) is 1. The van der Waals surface area contributed by atoms with Crippen LogP contribution in [-0.2, 0) is 0 Å². The molecule has 0 saturated heterocycles. The summed E-state index contributed by atoms with van der Waals surface area (Å²) >= 11 is 0. The molecule has 2 unspecified atom stereocenters. The van der Waals surface area contributed by atoms with Crippen molar-refractivity contribution in [1.29, 1.82) is 0 Å². The predicted octanol–water partition coefficient (Wildman–Crippen LogP) is 4.68. The summed E-state index contributed by atoms with van der Waals surface area (Å²) in [6, 6.07) is 2.16. The molecule has 0 radical (unpaired) electrons. The first kappa shape index (κ1) is 11.5. The average molecular weight is 218 g/mol. The van der Waals surface area contributed by atoms with Crippen LogP contribution in [0.5, 0.6) is 0 Å². The van der Waals surface area contributed by atoms with Gasteiger partial charge in [-0.05, 0) is 42.7 Å². The normalized spacial score (nSPS) is 29.4. The van der Waals surface area contributed by atoms with Crippen molar-refractivity contribution >= 4 is 0 Å². The Labute approximate surface area is 98.5 Å². The van der Waals surface area contributed by atoms with Crippen molar-refractivity contribution in [2.45, 2.75) is 46.5 Å². The number of rotatable bonds is 1. The van der Waals surface area contributed by atoms with Gasteiger partial charge in [-0.2, -0.15) is 0 Å². The van der Waals surface area contributed by atoms with Crippen LogP contribution < -0.4 is 0 Å². The van der Waals surface area contributed by atoms with E-state index in [1.54, 1.807) is 0 Å². The van der Waals surface area contributed by atoms with E-state index in [2.05, 4.69) is 40.3 Å². The van der Waals surface area contributed by atoms with Gasteiger partial charge in [0, 0.05) is 5.92 Å². The third kappa shape index (κ3) is 1.73. The molecule has 0 aromatic carbocycles. The summed E-state index contributed by atoms with van der Waals surface area (Å²) < 4.78 is 5.70. The maximum Gasteiger partial charge on any atom is 0.111 e. The fraction of sp³-hybridized carbons (Fsp3) is 0.600. The molecule has 0 amide bonds. The summed E-state index contributed by atoms with van der Waals surface area (Å²) in [5.74, 6) is 2.19. The van der Waals surface area contributed by atoms with E-state index >= 15 is 0 Å². The van der Waals surface area contributed by atoms with Gasteiger partial charge in [-0.25, -0.2) is 0 Å². The molecule has 0 bridgehead atoms. The predicted molar refractivity (Wildman–Crippen MR) is 67.5 cm³/mol. The quantitative estimate of drug-likeness (QED) is 0.623. The van der Waals surface area contributed by atoms with E-state index in [1.807, 2.05) is 6.26 Å². The SMILES string of the molecule is C=C1CCC(C)C(C)(C)C1c1cc(C)co1. The van der Waals surface area contributed by atoms with Crippen molar-refractivity contribution in [3.8, 4) is 0 Å². The molecule has 1 fully saturated rings. The van der Waals surface area contributed by atoms with Gasteiger partial charge in [0.15, 0.2) is 0 Å². The van der Waals surface area contributed by atoms with Crippen molar-refractivity contribution < 1.29 is 4.42 Å². The van der Waals surface area contributed by atoms with E-state index < -0.39 is 0 Å². The highest BCUT2D eigenvalue weighted by molar-refractivity contribution is 5.28. The molecule has 1 saturated carbocycles. The van der Waals surface area contributed by atoms with Crippen LogP contribution in [0.4, 0.5) is 0 Å². The summed E-state index contributed by atoms with van der Waals surface area (Å²) in [4.78, 5) is 0. The molecule has 1 heteroatoms. The molecule has 1 heterocycles. The fourth-order valence-corrected chi connectivity index (χ4v) is 2.90. The summed E-state index contributed by atoms with van der Waals surface area (Å²) in [6.07, 6.45) is 4.23. The van der Waals surface area contributed by atoms with Crippen molar-refractivity contribution in [3.05, 3.63) is 35.8 Å². The van der Waals surface area contributed by atoms with E-state index in [-0.39, 0.29) is 5.41 Å². The zero-order chi connectivity index (χ0) is 11.9. The molecule has 1 nitrogen and oxygen atoms in total. The standard InChI is InChI=1S/C15H22O/c1-10-8-13(16-9-10)14-11(2)6-7-12(3)15(14,4)5/h8-9,12,14H,2,6-7H2,1,3-5H3. The molecule has 1 aliphatic carbocycles. The van der Waals surface area contributed by atoms with Gasteiger partial charge in [0.25, 0.3) is 0 Å². The van der Waals surface area contributed by atoms with Crippen LogP contribution >= 0.6 is 0 Å². The van der Waals surface area contributed by atoms with Crippen molar-refractivity contribution in [1.82, 2.24) is 0 Å². The maximum absolute atomic E-state index is 5.70. The first-order valence-electron chi connectivity index (χ1n) is 6.15. The van der Waals surface area contributed by atoms with Gasteiger partial charge in [0.2, 0.25) is 0 Å². The molecule has 16 heavy (non-hydrogen) atoms. The van der Waals surface area contributed by atoms with E-state index in [9.17, 15) is 0 Å². The monoisotopic (exact) mass is 218 g/mol. The average Bonchev–Trinajstić information content (AvgIpc) is 2.59. The molecular weight excluding hydrogens is 196 g/mol. The van der Waals surface area contributed by atoms with Gasteiger partial charge in [-0.1, -0.05) is 32.9 Å². The van der Waals surface area contributed by atoms with Crippen LogP contribution in [0.3, 0.4) is 0 Å². The highest BCUT2D eigenvalue weighted by Crippen LogP contribution is 2.52. The van der Waals surface area contributed by atoms with Gasteiger partial charge in [-0.15, -0.1) is 0 Å². The van der Waals surface area contributed by atoms with E-state index in [4.69, 9.17) is 4.42 Å². The van der Waals surface area contributed by atoms with E-state index in [1.165, 1.54) is 17.6 Å². The molecule has 88 valence electrons. The zero-order valence-corrected chi connectivity index (χ0v) is 10.8. The van der Waals surface area contributed by atoms with Crippen LogP contribution in [0.25, 0.3) is 0 Å². The summed E-state index contributed by atoms with van der Waals surface area (Å²) in [5.41, 5.74) is 2.79. The largest absolute Gasteiger partial charge is 0.468 e. The van der Waals surface area contributed by atoms with Crippen LogP contribution in [0.15, 0.2) is 28.9 Å². The molecule has 1 aliphatic rings. The topological polar surface area (TPSA) is 13.1 Å². The molecule has 1 aromatic rings. The lowest BCUT2D eigenvalue weighted by Crippen LogP contribution is -2.34. The lowest BCUT2D eigenvalue weighted by Gasteiger charge is -2.44. The number of aryl methyl sites for hydroxylation is 1. The Morgan fingerprint density at radius 3 is 2.69 bits per heavy atom. The van der Waals surface area contributed by atoms with Gasteiger partial charge >= 0.3 is 0 Å². The lowest BCUT2D eigenvalue weighted by atomic mass is 9.60. The highest BCUT2D eigenvalue weighted by Gasteiger charge is 2.42. The summed E-state index contributed by atoms with van der Waals surface area (Å²) in [7, 11) is 0. The first-order valence-corrected chi connectivity index (χ1v) is 6.15. The summed E-state index contributed by atoms with van der Waals surface area (Å²) in [6.45, 7) is 13.3. The van der Waals surface area contributed by atoms with Gasteiger partial charge in [0.1, 0.15) is 5.76 Å². The van der Waals surface area contributed by atoms with Gasteiger partial charge < -0.3 is 4.42 Å². The van der Waals surface area contributed by atoms with E-state index in [0.717, 1.165) is 12.2 Å². The Hall–Kier alpha value is -0.980. The van der Waals surface area contributed by atoms with Gasteiger partial charge in [0.05, 0.1) is 6.26 Å². The van der Waals surface area contributed by atoms with Crippen LogP contribution in [-0.4, -0.2) is 0 Å². The van der Waals surface area contributed by atoms with Crippen LogP contribution in [0, 0.1) is 18.3 Å². The van der Waals surface area contributed by atoms with Crippen molar-refractivity contribution in [2.75, 3.05) is 0 Å². The maximum atomic E-state index is 5.70. The molecular formula is C15H22O. The Balaban J connectivity index is 2.39. The minimum Gasteiger partial charge on any atom is -0.468 e. The fourth-order valence-electron chi connectivity index (χ4n) is 2.90.